The summed E-state index contributed by atoms with van der Waals surface area (Å²) in [5.74, 6) is -0.946. The van der Waals surface area contributed by atoms with Crippen molar-refractivity contribution in [2.45, 2.75) is 52.0 Å². The number of nitrogens with zero attached hydrogens (tertiary/aromatic N) is 3. The van der Waals surface area contributed by atoms with Crippen molar-refractivity contribution in [3.63, 3.8) is 0 Å². The van der Waals surface area contributed by atoms with Gasteiger partial charge in [0.2, 0.25) is 11.8 Å². The van der Waals surface area contributed by atoms with Crippen molar-refractivity contribution in [1.82, 2.24) is 14.9 Å². The summed E-state index contributed by atoms with van der Waals surface area (Å²) in [6.45, 7) is 9.46. The lowest BCUT2D eigenvalue weighted by Crippen LogP contribution is -2.47. The minimum Gasteiger partial charge on any atom is -0.475 e. The Morgan fingerprint density at radius 1 is 1.12 bits per heavy atom. The molecule has 2 aromatic carbocycles. The standard InChI is InChI=1S/C29H34N4O6S/c1-6-38-26(34)16-33-22(13-18(2)3)17-39-25-15-24(27-19(4)9-7-10-20(27)5)30-29(31-25)32-40(36,37)23-12-8-11-21(14-23)28(33)35/h7-12,14-15,18,22H,6,13,16-17H2,1-5H3,(H,30,31,32)/t22-/m1/s1. The van der Waals surface area contributed by atoms with Crippen LogP contribution in [0.15, 0.2) is 53.4 Å². The highest BCUT2D eigenvalue weighted by molar-refractivity contribution is 7.92. The van der Waals surface area contributed by atoms with Crippen LogP contribution < -0.4 is 9.46 Å². The number of aryl methyl sites for hydroxylation is 2. The number of aromatic nitrogens is 2. The maximum Gasteiger partial charge on any atom is 0.325 e. The molecule has 1 aliphatic heterocycles. The van der Waals surface area contributed by atoms with Gasteiger partial charge in [0, 0.05) is 17.2 Å². The molecule has 4 rings (SSSR count). The van der Waals surface area contributed by atoms with Gasteiger partial charge < -0.3 is 14.4 Å². The number of fused-ring (bicyclic) bond motifs is 4. The fourth-order valence-corrected chi connectivity index (χ4v) is 5.75. The maximum atomic E-state index is 13.8. The first kappa shape index (κ1) is 29.0. The van der Waals surface area contributed by atoms with E-state index < -0.39 is 27.9 Å². The average Bonchev–Trinajstić information content (AvgIpc) is 2.89. The van der Waals surface area contributed by atoms with Crippen molar-refractivity contribution in [1.29, 1.82) is 0 Å². The highest BCUT2D eigenvalue weighted by Gasteiger charge is 2.31. The molecule has 40 heavy (non-hydrogen) atoms. The van der Waals surface area contributed by atoms with Crippen molar-refractivity contribution in [3.05, 3.63) is 65.2 Å². The van der Waals surface area contributed by atoms with Crippen molar-refractivity contribution in [2.75, 3.05) is 24.5 Å². The van der Waals surface area contributed by atoms with E-state index in [1.54, 1.807) is 13.0 Å². The normalized spacial score (nSPS) is 16.7. The number of rotatable bonds is 6. The predicted octanol–water partition coefficient (Wildman–Crippen LogP) is 4.37. The van der Waals surface area contributed by atoms with Crippen LogP contribution in [0.25, 0.3) is 11.3 Å². The number of anilines is 1. The van der Waals surface area contributed by atoms with Gasteiger partial charge in [0.1, 0.15) is 13.2 Å². The second-order valence-corrected chi connectivity index (χ2v) is 11.8. The van der Waals surface area contributed by atoms with Crippen LogP contribution in [0.3, 0.4) is 0 Å². The molecule has 0 aliphatic carbocycles. The van der Waals surface area contributed by atoms with Crippen LogP contribution in [0.5, 0.6) is 5.88 Å². The number of carbonyl (C=O) groups excluding carboxylic acids is 2. The molecule has 0 unspecified atom stereocenters. The zero-order chi connectivity index (χ0) is 29.0. The fourth-order valence-electron chi connectivity index (χ4n) is 4.76. The molecule has 1 amide bonds. The molecule has 1 aliphatic rings. The molecular formula is C29H34N4O6S. The number of amides is 1. The summed E-state index contributed by atoms with van der Waals surface area (Å²) in [5, 5.41) is 0. The molecule has 2 heterocycles. The lowest BCUT2D eigenvalue weighted by atomic mass is 10.00. The zero-order valence-electron chi connectivity index (χ0n) is 23.3. The predicted molar refractivity (Wildman–Crippen MR) is 151 cm³/mol. The van der Waals surface area contributed by atoms with E-state index in [-0.39, 0.29) is 48.0 Å². The Morgan fingerprint density at radius 2 is 1.82 bits per heavy atom. The number of nitrogens with one attached hydrogen (secondary N) is 1. The van der Waals surface area contributed by atoms with Gasteiger partial charge in [0.15, 0.2) is 0 Å². The van der Waals surface area contributed by atoms with Gasteiger partial charge in [-0.3, -0.25) is 9.59 Å². The number of esters is 1. The van der Waals surface area contributed by atoms with Crippen molar-refractivity contribution >= 4 is 27.8 Å². The summed E-state index contributed by atoms with van der Waals surface area (Å²) >= 11 is 0. The lowest BCUT2D eigenvalue weighted by molar-refractivity contribution is -0.144. The molecule has 1 atom stereocenters. The number of carbonyl (C=O) groups is 2. The quantitative estimate of drug-likeness (QED) is 0.436. The summed E-state index contributed by atoms with van der Waals surface area (Å²) < 4.78 is 40.5. The first-order valence-corrected chi connectivity index (χ1v) is 14.6. The molecule has 1 aromatic heterocycles. The van der Waals surface area contributed by atoms with E-state index in [4.69, 9.17) is 9.47 Å². The molecule has 0 saturated carbocycles. The summed E-state index contributed by atoms with van der Waals surface area (Å²) in [6, 6.07) is 12.6. The Kier molecular flexibility index (Phi) is 8.73. The van der Waals surface area contributed by atoms with Crippen molar-refractivity contribution in [3.8, 4) is 17.1 Å². The van der Waals surface area contributed by atoms with E-state index in [9.17, 15) is 18.0 Å². The Morgan fingerprint density at radius 3 is 2.50 bits per heavy atom. The topological polar surface area (TPSA) is 128 Å². The van der Waals surface area contributed by atoms with Crippen molar-refractivity contribution in [2.24, 2.45) is 5.92 Å². The van der Waals surface area contributed by atoms with E-state index in [1.165, 1.54) is 29.2 Å². The van der Waals surface area contributed by atoms with Gasteiger partial charge in [-0.25, -0.2) is 18.1 Å². The van der Waals surface area contributed by atoms with Crippen LogP contribution in [-0.2, 0) is 19.6 Å². The monoisotopic (exact) mass is 566 g/mol. The molecule has 0 radical (unpaired) electrons. The van der Waals surface area contributed by atoms with Gasteiger partial charge >= 0.3 is 5.97 Å². The lowest BCUT2D eigenvalue weighted by Gasteiger charge is -2.32. The number of sulfonamides is 1. The van der Waals surface area contributed by atoms with Gasteiger partial charge in [0.25, 0.3) is 15.9 Å². The van der Waals surface area contributed by atoms with Crippen LogP contribution in [-0.4, -0.2) is 61.0 Å². The summed E-state index contributed by atoms with van der Waals surface area (Å²) in [7, 11) is -4.18. The highest BCUT2D eigenvalue weighted by Crippen LogP contribution is 2.30. The summed E-state index contributed by atoms with van der Waals surface area (Å²) in [6.07, 6.45) is 0.517. The number of ether oxygens (including phenoxy) is 2. The first-order valence-electron chi connectivity index (χ1n) is 13.2. The first-order chi connectivity index (χ1) is 19.0. The molecule has 3 aromatic rings. The maximum absolute atomic E-state index is 13.8. The van der Waals surface area contributed by atoms with Crippen LogP contribution in [0.4, 0.5) is 5.95 Å². The summed E-state index contributed by atoms with van der Waals surface area (Å²) in [4.78, 5) is 36.5. The van der Waals surface area contributed by atoms with Gasteiger partial charge in [-0.15, -0.1) is 0 Å². The fraction of sp³-hybridized carbons (Fsp3) is 0.379. The minimum atomic E-state index is -4.18. The largest absolute Gasteiger partial charge is 0.475 e. The third kappa shape index (κ3) is 6.59. The van der Waals surface area contributed by atoms with Crippen LogP contribution in [0.1, 0.15) is 48.7 Å². The number of benzene rings is 2. The van der Waals surface area contributed by atoms with Crippen LogP contribution in [0, 0.1) is 19.8 Å². The molecular weight excluding hydrogens is 532 g/mol. The summed E-state index contributed by atoms with van der Waals surface area (Å²) in [5.41, 5.74) is 3.34. The second-order valence-electron chi connectivity index (χ2n) is 10.1. The average molecular weight is 567 g/mol. The van der Waals surface area contributed by atoms with E-state index in [1.807, 2.05) is 45.9 Å². The Hall–Kier alpha value is -3.99. The molecule has 0 spiro atoms. The zero-order valence-corrected chi connectivity index (χ0v) is 24.1. The third-order valence-electron chi connectivity index (χ3n) is 6.53. The number of hydrogen-bond donors (Lipinski definition) is 1. The molecule has 4 bridgehead atoms. The van der Waals surface area contributed by atoms with Gasteiger partial charge in [-0.1, -0.05) is 38.1 Å². The number of hydrogen-bond acceptors (Lipinski definition) is 8. The van der Waals surface area contributed by atoms with Gasteiger partial charge in [-0.05, 0) is 62.4 Å². The van der Waals surface area contributed by atoms with Gasteiger partial charge in [-0.2, -0.15) is 4.98 Å². The minimum absolute atomic E-state index is 0.0123. The molecule has 0 fully saturated rings. The highest BCUT2D eigenvalue weighted by atomic mass is 32.2. The molecule has 11 heteroatoms. The molecule has 1 N–H and O–H groups in total. The van der Waals surface area contributed by atoms with E-state index in [0.717, 1.165) is 16.7 Å². The van der Waals surface area contributed by atoms with Crippen molar-refractivity contribution < 1.29 is 27.5 Å². The molecule has 0 saturated heterocycles. The van der Waals surface area contributed by atoms with E-state index >= 15 is 0 Å². The second kappa shape index (κ2) is 12.0. The van der Waals surface area contributed by atoms with E-state index in [2.05, 4.69) is 14.7 Å². The Bertz CT molecular complexity index is 1500. The van der Waals surface area contributed by atoms with Crippen LogP contribution >= 0.6 is 0 Å². The molecule has 10 nitrogen and oxygen atoms in total. The SMILES string of the molecule is CCOC(=O)CN1C(=O)c2cccc(c2)S(=O)(=O)Nc2nc(cc(-c3c(C)cccc3C)n2)OC[C@H]1CC(C)C. The molecule has 212 valence electrons. The Balaban J connectivity index is 1.89. The Labute approximate surface area is 234 Å². The van der Waals surface area contributed by atoms with Crippen LogP contribution in [0.2, 0.25) is 0 Å². The smallest absolute Gasteiger partial charge is 0.325 e. The van der Waals surface area contributed by atoms with E-state index in [0.29, 0.717) is 12.1 Å². The third-order valence-corrected chi connectivity index (χ3v) is 7.86. The van der Waals surface area contributed by atoms with Gasteiger partial charge in [0.05, 0.1) is 23.2 Å².